The molecule has 0 atom stereocenters. The number of halogens is 1. The van der Waals surface area contributed by atoms with Gasteiger partial charge in [0.2, 0.25) is 0 Å². The first-order valence-electron chi connectivity index (χ1n) is 5.30. The quantitative estimate of drug-likeness (QED) is 0.932. The summed E-state index contributed by atoms with van der Waals surface area (Å²) in [5.74, 6) is 0. The van der Waals surface area contributed by atoms with Gasteiger partial charge in [-0.15, -0.1) is 0 Å². The van der Waals surface area contributed by atoms with E-state index in [-0.39, 0.29) is 0 Å². The Bertz CT molecular complexity index is 488. The highest BCUT2D eigenvalue weighted by molar-refractivity contribution is 9.10. The predicted molar refractivity (Wildman–Crippen MR) is 75.3 cm³/mol. The Morgan fingerprint density at radius 1 is 1.24 bits per heavy atom. The van der Waals surface area contributed by atoms with Gasteiger partial charge in [-0.2, -0.15) is 0 Å². The molecular formula is C13H13BrN2S. The standard InChI is InChI=1S/C13H13BrN2S/c1-15-9-10-8-11(14)2-3-13(10)17-12-4-6-16-7-5-12/h2-8,15H,9H2,1H3. The van der Waals surface area contributed by atoms with Crippen molar-refractivity contribution >= 4 is 27.7 Å². The Morgan fingerprint density at radius 2 is 2.00 bits per heavy atom. The van der Waals surface area contributed by atoms with Gasteiger partial charge in [-0.05, 0) is 42.9 Å². The van der Waals surface area contributed by atoms with Crippen molar-refractivity contribution in [2.75, 3.05) is 7.05 Å². The molecule has 0 aliphatic heterocycles. The van der Waals surface area contributed by atoms with Gasteiger partial charge in [0.1, 0.15) is 0 Å². The fourth-order valence-corrected chi connectivity index (χ4v) is 2.83. The van der Waals surface area contributed by atoms with Crippen LogP contribution in [0.15, 0.2) is 57.0 Å². The van der Waals surface area contributed by atoms with Crippen molar-refractivity contribution in [2.45, 2.75) is 16.3 Å². The monoisotopic (exact) mass is 308 g/mol. The smallest absolute Gasteiger partial charge is 0.0279 e. The van der Waals surface area contributed by atoms with E-state index in [0.29, 0.717) is 0 Å². The maximum Gasteiger partial charge on any atom is 0.0279 e. The van der Waals surface area contributed by atoms with E-state index in [1.54, 1.807) is 11.8 Å². The topological polar surface area (TPSA) is 24.9 Å². The summed E-state index contributed by atoms with van der Waals surface area (Å²) in [6, 6.07) is 10.4. The van der Waals surface area contributed by atoms with E-state index in [0.717, 1.165) is 11.0 Å². The average molecular weight is 309 g/mol. The predicted octanol–water partition coefficient (Wildman–Crippen LogP) is 3.71. The van der Waals surface area contributed by atoms with Crippen molar-refractivity contribution in [3.63, 3.8) is 0 Å². The van der Waals surface area contributed by atoms with E-state index < -0.39 is 0 Å². The van der Waals surface area contributed by atoms with Crippen LogP contribution in [0, 0.1) is 0 Å². The summed E-state index contributed by atoms with van der Waals surface area (Å²) in [4.78, 5) is 6.51. The molecule has 0 saturated heterocycles. The summed E-state index contributed by atoms with van der Waals surface area (Å²) in [6.07, 6.45) is 3.64. The van der Waals surface area contributed by atoms with E-state index in [2.05, 4.69) is 44.4 Å². The van der Waals surface area contributed by atoms with Gasteiger partial charge in [0.25, 0.3) is 0 Å². The molecule has 17 heavy (non-hydrogen) atoms. The molecule has 2 rings (SSSR count). The minimum absolute atomic E-state index is 0.868. The molecule has 0 radical (unpaired) electrons. The van der Waals surface area contributed by atoms with Crippen LogP contribution in [0.5, 0.6) is 0 Å². The second-order valence-corrected chi connectivity index (χ2v) is 5.60. The molecule has 0 bridgehead atoms. The Morgan fingerprint density at radius 3 is 2.71 bits per heavy atom. The molecule has 0 spiro atoms. The third kappa shape index (κ3) is 3.56. The minimum atomic E-state index is 0.868. The lowest BCUT2D eigenvalue weighted by atomic mass is 10.2. The summed E-state index contributed by atoms with van der Waals surface area (Å²) < 4.78 is 1.11. The van der Waals surface area contributed by atoms with Crippen molar-refractivity contribution in [1.29, 1.82) is 0 Å². The molecule has 1 heterocycles. The maximum absolute atomic E-state index is 4.03. The second-order valence-electron chi connectivity index (χ2n) is 3.57. The van der Waals surface area contributed by atoms with Crippen molar-refractivity contribution in [1.82, 2.24) is 10.3 Å². The highest BCUT2D eigenvalue weighted by Crippen LogP contribution is 2.31. The van der Waals surface area contributed by atoms with Crippen LogP contribution in [0.3, 0.4) is 0 Å². The molecule has 0 unspecified atom stereocenters. The molecular weight excluding hydrogens is 296 g/mol. The van der Waals surface area contributed by atoms with Crippen molar-refractivity contribution in [2.24, 2.45) is 0 Å². The van der Waals surface area contributed by atoms with Crippen LogP contribution in [-0.2, 0) is 6.54 Å². The molecule has 0 fully saturated rings. The summed E-state index contributed by atoms with van der Waals surface area (Å²) in [6.45, 7) is 0.868. The number of benzene rings is 1. The fraction of sp³-hybridized carbons (Fsp3) is 0.154. The van der Waals surface area contributed by atoms with Crippen LogP contribution in [0.1, 0.15) is 5.56 Å². The molecule has 2 aromatic rings. The van der Waals surface area contributed by atoms with Crippen LogP contribution < -0.4 is 5.32 Å². The molecule has 0 saturated carbocycles. The molecule has 88 valence electrons. The molecule has 1 N–H and O–H groups in total. The number of pyridine rings is 1. The van der Waals surface area contributed by atoms with Crippen molar-refractivity contribution in [3.8, 4) is 0 Å². The Balaban J connectivity index is 2.26. The van der Waals surface area contributed by atoms with E-state index in [4.69, 9.17) is 0 Å². The van der Waals surface area contributed by atoms with Gasteiger partial charge in [0.05, 0.1) is 0 Å². The van der Waals surface area contributed by atoms with Gasteiger partial charge in [0, 0.05) is 33.2 Å². The van der Waals surface area contributed by atoms with E-state index in [1.807, 2.05) is 31.6 Å². The average Bonchev–Trinajstić information content (AvgIpc) is 2.34. The molecule has 0 aliphatic carbocycles. The van der Waals surface area contributed by atoms with Gasteiger partial charge >= 0.3 is 0 Å². The van der Waals surface area contributed by atoms with Crippen LogP contribution >= 0.6 is 27.7 Å². The highest BCUT2D eigenvalue weighted by Gasteiger charge is 2.04. The van der Waals surface area contributed by atoms with Gasteiger partial charge in [-0.3, -0.25) is 4.98 Å². The molecule has 2 nitrogen and oxygen atoms in total. The molecule has 0 aliphatic rings. The number of hydrogen-bond donors (Lipinski definition) is 1. The van der Waals surface area contributed by atoms with Crippen LogP contribution in [-0.4, -0.2) is 12.0 Å². The number of rotatable bonds is 4. The lowest BCUT2D eigenvalue weighted by Gasteiger charge is -2.09. The van der Waals surface area contributed by atoms with E-state index in [1.165, 1.54) is 15.4 Å². The van der Waals surface area contributed by atoms with Gasteiger partial charge < -0.3 is 5.32 Å². The number of aromatic nitrogens is 1. The summed E-state index contributed by atoms with van der Waals surface area (Å²) in [5.41, 5.74) is 1.30. The fourth-order valence-electron chi connectivity index (χ4n) is 1.51. The van der Waals surface area contributed by atoms with E-state index in [9.17, 15) is 0 Å². The van der Waals surface area contributed by atoms with Crippen LogP contribution in [0.2, 0.25) is 0 Å². The molecule has 0 amide bonds. The third-order valence-corrected chi connectivity index (χ3v) is 3.89. The number of nitrogens with one attached hydrogen (secondary N) is 1. The number of hydrogen-bond acceptors (Lipinski definition) is 3. The lowest BCUT2D eigenvalue weighted by molar-refractivity contribution is 0.802. The first kappa shape index (κ1) is 12.6. The zero-order valence-corrected chi connectivity index (χ0v) is 11.9. The summed E-state index contributed by atoms with van der Waals surface area (Å²) >= 11 is 5.27. The first-order chi connectivity index (χ1) is 8.29. The molecule has 1 aromatic carbocycles. The zero-order chi connectivity index (χ0) is 12.1. The van der Waals surface area contributed by atoms with Gasteiger partial charge in [-0.1, -0.05) is 27.7 Å². The van der Waals surface area contributed by atoms with E-state index >= 15 is 0 Å². The van der Waals surface area contributed by atoms with Crippen LogP contribution in [0.25, 0.3) is 0 Å². The Kier molecular flexibility index (Phi) is 4.59. The first-order valence-corrected chi connectivity index (χ1v) is 6.91. The van der Waals surface area contributed by atoms with Crippen molar-refractivity contribution < 1.29 is 0 Å². The SMILES string of the molecule is CNCc1cc(Br)ccc1Sc1ccncc1. The maximum atomic E-state index is 4.03. The normalized spacial score (nSPS) is 10.5. The van der Waals surface area contributed by atoms with Gasteiger partial charge in [0.15, 0.2) is 0 Å². The molecule has 1 aromatic heterocycles. The lowest BCUT2D eigenvalue weighted by Crippen LogP contribution is -2.06. The number of nitrogens with zero attached hydrogens (tertiary/aromatic N) is 1. The Hall–Kier alpha value is -0.840. The summed E-state index contributed by atoms with van der Waals surface area (Å²) in [5, 5.41) is 3.19. The third-order valence-electron chi connectivity index (χ3n) is 2.27. The minimum Gasteiger partial charge on any atom is -0.316 e. The zero-order valence-electron chi connectivity index (χ0n) is 9.48. The highest BCUT2D eigenvalue weighted by atomic mass is 79.9. The largest absolute Gasteiger partial charge is 0.316 e. The van der Waals surface area contributed by atoms with Crippen molar-refractivity contribution in [3.05, 3.63) is 52.8 Å². The molecule has 4 heteroatoms. The van der Waals surface area contributed by atoms with Crippen LogP contribution in [0.4, 0.5) is 0 Å². The van der Waals surface area contributed by atoms with Gasteiger partial charge in [-0.25, -0.2) is 0 Å². The summed E-state index contributed by atoms with van der Waals surface area (Å²) in [7, 11) is 1.96. The second kappa shape index (κ2) is 6.19. The Labute approximate surface area is 114 Å².